The summed E-state index contributed by atoms with van der Waals surface area (Å²) in [6, 6.07) is -0.848. The summed E-state index contributed by atoms with van der Waals surface area (Å²) < 4.78 is 11.1. The molecule has 0 rings (SSSR count). The minimum absolute atomic E-state index is 0.00873. The molecule has 0 spiro atoms. The second kappa shape index (κ2) is 39.5. The summed E-state index contributed by atoms with van der Waals surface area (Å²) in [4.78, 5) is 37.3. The Hall–Kier alpha value is -1.67. The van der Waals surface area contributed by atoms with Crippen molar-refractivity contribution in [3.05, 3.63) is 0 Å². The average Bonchev–Trinajstić information content (AvgIpc) is 3.12. The van der Waals surface area contributed by atoms with E-state index in [-0.39, 0.29) is 38.1 Å². The van der Waals surface area contributed by atoms with Crippen LogP contribution in [0.25, 0.3) is 0 Å². The molecular weight excluding hydrogens is 640 g/mol. The second-order valence-electron chi connectivity index (χ2n) is 15.1. The molecule has 0 saturated carbocycles. The number of aliphatic hydroxyl groups is 1. The van der Waals surface area contributed by atoms with Crippen molar-refractivity contribution in [2.45, 2.75) is 238 Å². The maximum absolute atomic E-state index is 12.6. The molecule has 8 nitrogen and oxygen atoms in total. The first-order valence-corrected chi connectivity index (χ1v) is 21.9. The van der Waals surface area contributed by atoms with E-state index in [9.17, 15) is 14.4 Å². The number of nitrogens with one attached hydrogen (secondary N) is 1. The number of aliphatic hydroxyl groups excluding tert-OH is 1. The molecule has 0 radical (unpaired) electrons. The van der Waals surface area contributed by atoms with Gasteiger partial charge in [-0.3, -0.25) is 14.4 Å². The molecule has 0 heterocycles. The molecule has 0 aromatic carbocycles. The van der Waals surface area contributed by atoms with Crippen molar-refractivity contribution >= 4 is 17.8 Å². The second-order valence-corrected chi connectivity index (χ2v) is 15.1. The SMILES string of the molecule is CCCCCCCCCCCCCCCCCC(=O)OCC(CNC(=O)C(N)CCO)OC(=O)CCCCCCCCCCCCCCCCC. The standard InChI is InChI=1S/C43H84N2O6/c1-3-5-7-9-11-13-15-17-19-21-23-25-27-29-31-33-41(47)50-38-39(37-45-43(49)40(44)35-36-46)51-42(48)34-32-30-28-26-24-22-20-18-16-14-12-10-8-6-4-2/h39-40,46H,3-38,44H2,1-2H3,(H,45,49). The Balaban J connectivity index is 4.10. The van der Waals surface area contributed by atoms with Gasteiger partial charge in [0.1, 0.15) is 6.61 Å². The lowest BCUT2D eigenvalue weighted by Crippen LogP contribution is -2.45. The maximum atomic E-state index is 12.6. The van der Waals surface area contributed by atoms with Crippen LogP contribution >= 0.6 is 0 Å². The number of hydrogen-bond acceptors (Lipinski definition) is 7. The Morgan fingerprint density at radius 3 is 1.22 bits per heavy atom. The summed E-state index contributed by atoms with van der Waals surface area (Å²) in [6.45, 7) is 4.25. The lowest BCUT2D eigenvalue weighted by molar-refractivity contribution is -0.159. The lowest BCUT2D eigenvalue weighted by Gasteiger charge is -2.20. The van der Waals surface area contributed by atoms with E-state index < -0.39 is 18.1 Å². The fourth-order valence-corrected chi connectivity index (χ4v) is 6.53. The molecule has 0 bridgehead atoms. The van der Waals surface area contributed by atoms with Gasteiger partial charge in [0.2, 0.25) is 5.91 Å². The van der Waals surface area contributed by atoms with Crippen molar-refractivity contribution < 1.29 is 29.0 Å². The molecule has 0 aromatic heterocycles. The van der Waals surface area contributed by atoms with E-state index in [4.69, 9.17) is 20.3 Å². The van der Waals surface area contributed by atoms with E-state index in [1.165, 1.54) is 154 Å². The zero-order valence-corrected chi connectivity index (χ0v) is 33.7. The summed E-state index contributed by atoms with van der Waals surface area (Å²) in [5.41, 5.74) is 5.79. The van der Waals surface area contributed by atoms with Crippen molar-refractivity contribution in [1.29, 1.82) is 0 Å². The number of ether oxygens (including phenoxy) is 2. The monoisotopic (exact) mass is 725 g/mol. The van der Waals surface area contributed by atoms with E-state index in [0.717, 1.165) is 38.5 Å². The molecule has 302 valence electrons. The zero-order valence-electron chi connectivity index (χ0n) is 33.7. The van der Waals surface area contributed by atoms with Gasteiger partial charge in [-0.25, -0.2) is 0 Å². The number of unbranched alkanes of at least 4 members (excludes halogenated alkanes) is 28. The number of amides is 1. The minimum atomic E-state index is -0.848. The molecule has 1 amide bonds. The number of hydrogen-bond donors (Lipinski definition) is 3. The molecule has 0 saturated heterocycles. The predicted octanol–water partition coefficient (Wildman–Crippen LogP) is 10.8. The molecule has 0 aliphatic rings. The lowest BCUT2D eigenvalue weighted by atomic mass is 10.0. The zero-order chi connectivity index (χ0) is 37.5. The molecule has 0 aliphatic heterocycles. The maximum Gasteiger partial charge on any atom is 0.306 e. The van der Waals surface area contributed by atoms with E-state index in [2.05, 4.69) is 19.2 Å². The average molecular weight is 725 g/mol. The first kappa shape index (κ1) is 49.3. The van der Waals surface area contributed by atoms with Gasteiger partial charge in [0.15, 0.2) is 6.10 Å². The molecule has 4 N–H and O–H groups in total. The predicted molar refractivity (Wildman–Crippen MR) is 213 cm³/mol. The van der Waals surface area contributed by atoms with Gasteiger partial charge in [0.05, 0.1) is 12.6 Å². The largest absolute Gasteiger partial charge is 0.462 e. The van der Waals surface area contributed by atoms with E-state index >= 15 is 0 Å². The molecule has 2 unspecified atom stereocenters. The van der Waals surface area contributed by atoms with Crippen LogP contribution in [0.1, 0.15) is 226 Å². The fraction of sp³-hybridized carbons (Fsp3) is 0.930. The number of carbonyl (C=O) groups excluding carboxylic acids is 3. The highest BCUT2D eigenvalue weighted by molar-refractivity contribution is 5.81. The number of nitrogens with two attached hydrogens (primary N) is 1. The Labute approximate surface area is 314 Å². The van der Waals surface area contributed by atoms with E-state index in [1.807, 2.05) is 0 Å². The van der Waals surface area contributed by atoms with Crippen molar-refractivity contribution in [2.75, 3.05) is 19.8 Å². The highest BCUT2D eigenvalue weighted by Gasteiger charge is 2.20. The Morgan fingerprint density at radius 2 is 0.863 bits per heavy atom. The molecule has 0 aromatic rings. The number of esters is 2. The first-order valence-electron chi connectivity index (χ1n) is 21.9. The van der Waals surface area contributed by atoms with Crippen molar-refractivity contribution in [2.24, 2.45) is 5.73 Å². The first-order chi connectivity index (χ1) is 24.9. The fourth-order valence-electron chi connectivity index (χ4n) is 6.53. The Morgan fingerprint density at radius 1 is 0.529 bits per heavy atom. The van der Waals surface area contributed by atoms with Crippen LogP contribution in [0.3, 0.4) is 0 Å². The molecule has 0 aliphatic carbocycles. The van der Waals surface area contributed by atoms with E-state index in [1.54, 1.807) is 0 Å². The number of carbonyl (C=O) groups is 3. The van der Waals surface area contributed by atoms with Gasteiger partial charge in [-0.05, 0) is 19.3 Å². The Bertz CT molecular complexity index is 780. The van der Waals surface area contributed by atoms with Crippen LogP contribution in [-0.4, -0.2) is 54.9 Å². The van der Waals surface area contributed by atoms with Gasteiger partial charge in [0, 0.05) is 19.4 Å². The third-order valence-electron chi connectivity index (χ3n) is 9.98. The van der Waals surface area contributed by atoms with Crippen LogP contribution in [0.2, 0.25) is 0 Å². The van der Waals surface area contributed by atoms with Crippen molar-refractivity contribution in [3.8, 4) is 0 Å². The van der Waals surface area contributed by atoms with Gasteiger partial charge in [-0.2, -0.15) is 0 Å². The topological polar surface area (TPSA) is 128 Å². The van der Waals surface area contributed by atoms with Crippen LogP contribution in [0, 0.1) is 0 Å². The summed E-state index contributed by atoms with van der Waals surface area (Å²) in [7, 11) is 0. The molecular formula is C43H84N2O6. The summed E-state index contributed by atoms with van der Waals surface area (Å²) in [5.74, 6) is -1.09. The van der Waals surface area contributed by atoms with Crippen molar-refractivity contribution in [3.63, 3.8) is 0 Å². The van der Waals surface area contributed by atoms with Gasteiger partial charge in [-0.1, -0.05) is 194 Å². The van der Waals surface area contributed by atoms with Crippen LogP contribution in [0.15, 0.2) is 0 Å². The van der Waals surface area contributed by atoms with Gasteiger partial charge >= 0.3 is 11.9 Å². The van der Waals surface area contributed by atoms with Crippen molar-refractivity contribution in [1.82, 2.24) is 5.32 Å². The Kier molecular flexibility index (Phi) is 38.2. The third kappa shape index (κ3) is 36.5. The molecule has 8 heteroatoms. The summed E-state index contributed by atoms with van der Waals surface area (Å²) in [6.07, 6.45) is 37.9. The van der Waals surface area contributed by atoms with Crippen LogP contribution in [0.5, 0.6) is 0 Å². The third-order valence-corrected chi connectivity index (χ3v) is 9.98. The minimum Gasteiger partial charge on any atom is -0.462 e. The van der Waals surface area contributed by atoms with Gasteiger partial charge < -0.3 is 25.6 Å². The van der Waals surface area contributed by atoms with Crippen LogP contribution in [0.4, 0.5) is 0 Å². The van der Waals surface area contributed by atoms with Gasteiger partial charge in [0.25, 0.3) is 0 Å². The summed E-state index contributed by atoms with van der Waals surface area (Å²) >= 11 is 0. The molecule has 51 heavy (non-hydrogen) atoms. The van der Waals surface area contributed by atoms with Crippen LogP contribution < -0.4 is 11.1 Å². The highest BCUT2D eigenvalue weighted by Crippen LogP contribution is 2.16. The van der Waals surface area contributed by atoms with E-state index in [0.29, 0.717) is 12.8 Å². The summed E-state index contributed by atoms with van der Waals surface area (Å²) in [5, 5.41) is 11.8. The van der Waals surface area contributed by atoms with Crippen LogP contribution in [-0.2, 0) is 23.9 Å². The highest BCUT2D eigenvalue weighted by atomic mass is 16.6. The molecule has 0 fully saturated rings. The number of rotatable bonds is 40. The quantitative estimate of drug-likeness (QED) is 0.0424. The smallest absolute Gasteiger partial charge is 0.306 e. The van der Waals surface area contributed by atoms with Gasteiger partial charge in [-0.15, -0.1) is 0 Å². The molecule has 2 atom stereocenters. The normalized spacial score (nSPS) is 12.5.